The van der Waals surface area contributed by atoms with E-state index in [1.165, 1.54) is 11.3 Å². The van der Waals surface area contributed by atoms with Crippen molar-refractivity contribution in [2.75, 3.05) is 13.6 Å². The van der Waals surface area contributed by atoms with E-state index in [9.17, 15) is 4.79 Å². The third kappa shape index (κ3) is 5.00. The zero-order chi connectivity index (χ0) is 13.8. The van der Waals surface area contributed by atoms with Crippen LogP contribution in [0.5, 0.6) is 0 Å². The Kier molecular flexibility index (Phi) is 8.58. The molecule has 1 atom stereocenters. The number of furan rings is 1. The summed E-state index contributed by atoms with van der Waals surface area (Å²) in [6, 6.07) is 3.87. The molecule has 0 saturated heterocycles. The van der Waals surface area contributed by atoms with Crippen LogP contribution >= 0.6 is 36.2 Å². The first kappa shape index (κ1) is 19.9. The molecule has 0 radical (unpaired) electrons. The number of carbonyl (C=O) groups is 1. The molecular formula is C13H19Cl2N3O2S. The van der Waals surface area contributed by atoms with E-state index in [-0.39, 0.29) is 36.8 Å². The van der Waals surface area contributed by atoms with Crippen molar-refractivity contribution in [3.05, 3.63) is 29.0 Å². The van der Waals surface area contributed by atoms with Crippen LogP contribution in [0, 0.1) is 6.92 Å². The molecule has 0 aliphatic carbocycles. The lowest BCUT2D eigenvalue weighted by atomic mass is 10.3. The number of rotatable bonds is 5. The second kappa shape index (κ2) is 9.04. The van der Waals surface area contributed by atoms with Gasteiger partial charge >= 0.3 is 0 Å². The number of hydrogen-bond donors (Lipinski definition) is 2. The van der Waals surface area contributed by atoms with Crippen LogP contribution < -0.4 is 10.6 Å². The minimum atomic E-state index is -0.145. The molecule has 0 fully saturated rings. The second-order valence-corrected chi connectivity index (χ2v) is 5.50. The molecule has 1 amide bonds. The normalized spacial score (nSPS) is 11.2. The van der Waals surface area contributed by atoms with Gasteiger partial charge in [0.1, 0.15) is 5.69 Å². The SMILES string of the molecule is CNC(C)CNC(=O)c1nc(-c2ccco2)sc1C.Cl.Cl. The molecule has 0 aromatic carbocycles. The summed E-state index contributed by atoms with van der Waals surface area (Å²) in [5.41, 5.74) is 0.472. The lowest BCUT2D eigenvalue weighted by molar-refractivity contribution is 0.0946. The van der Waals surface area contributed by atoms with E-state index >= 15 is 0 Å². The van der Waals surface area contributed by atoms with E-state index in [0.717, 1.165) is 9.88 Å². The van der Waals surface area contributed by atoms with E-state index in [1.54, 1.807) is 12.3 Å². The number of hydrogen-bond acceptors (Lipinski definition) is 5. The van der Waals surface area contributed by atoms with Crippen molar-refractivity contribution in [2.45, 2.75) is 19.9 Å². The third-order valence-corrected chi connectivity index (χ3v) is 3.79. The van der Waals surface area contributed by atoms with Crippen LogP contribution in [0.15, 0.2) is 22.8 Å². The predicted octanol–water partition coefficient (Wildman–Crippen LogP) is 2.89. The number of likely N-dealkylation sites (N-methyl/N-ethyl adjacent to an activating group) is 1. The number of aryl methyl sites for hydroxylation is 1. The Hall–Kier alpha value is -1.08. The largest absolute Gasteiger partial charge is 0.462 e. The van der Waals surface area contributed by atoms with Gasteiger partial charge < -0.3 is 15.1 Å². The van der Waals surface area contributed by atoms with Crippen molar-refractivity contribution >= 4 is 42.1 Å². The third-order valence-electron chi connectivity index (χ3n) is 2.81. The Labute approximate surface area is 140 Å². The van der Waals surface area contributed by atoms with Gasteiger partial charge in [-0.05, 0) is 33.0 Å². The van der Waals surface area contributed by atoms with Crippen molar-refractivity contribution in [1.29, 1.82) is 0 Å². The van der Waals surface area contributed by atoms with E-state index in [2.05, 4.69) is 15.6 Å². The molecule has 0 bridgehead atoms. The first-order valence-corrected chi connectivity index (χ1v) is 6.90. The number of halogens is 2. The highest BCUT2D eigenvalue weighted by Gasteiger charge is 2.17. The van der Waals surface area contributed by atoms with Gasteiger partial charge in [0.2, 0.25) is 0 Å². The van der Waals surface area contributed by atoms with Crippen molar-refractivity contribution < 1.29 is 9.21 Å². The van der Waals surface area contributed by atoms with Crippen LogP contribution in [0.3, 0.4) is 0 Å². The molecule has 2 aromatic heterocycles. The zero-order valence-electron chi connectivity index (χ0n) is 12.0. The lowest BCUT2D eigenvalue weighted by Crippen LogP contribution is -2.37. The number of nitrogens with zero attached hydrogens (tertiary/aromatic N) is 1. The summed E-state index contributed by atoms with van der Waals surface area (Å²) >= 11 is 1.46. The summed E-state index contributed by atoms with van der Waals surface area (Å²) in [5, 5.41) is 6.66. The maximum Gasteiger partial charge on any atom is 0.271 e. The fourth-order valence-electron chi connectivity index (χ4n) is 1.54. The average molecular weight is 352 g/mol. The van der Waals surface area contributed by atoms with Gasteiger partial charge in [-0.3, -0.25) is 4.79 Å². The summed E-state index contributed by atoms with van der Waals surface area (Å²) in [6.45, 7) is 4.46. The molecule has 2 heterocycles. The Balaban J connectivity index is 0.00000200. The van der Waals surface area contributed by atoms with Gasteiger partial charge in [0, 0.05) is 17.5 Å². The van der Waals surface area contributed by atoms with E-state index in [4.69, 9.17) is 4.42 Å². The maximum absolute atomic E-state index is 12.0. The topological polar surface area (TPSA) is 67.2 Å². The molecule has 118 valence electrons. The predicted molar refractivity (Wildman–Crippen MR) is 89.9 cm³/mol. The number of aromatic nitrogens is 1. The molecule has 21 heavy (non-hydrogen) atoms. The number of thiazole rings is 1. The summed E-state index contributed by atoms with van der Waals surface area (Å²) in [7, 11) is 1.86. The molecule has 2 N–H and O–H groups in total. The van der Waals surface area contributed by atoms with Gasteiger partial charge in [0.05, 0.1) is 6.26 Å². The highest BCUT2D eigenvalue weighted by molar-refractivity contribution is 7.15. The van der Waals surface area contributed by atoms with E-state index < -0.39 is 0 Å². The van der Waals surface area contributed by atoms with Gasteiger partial charge in [-0.15, -0.1) is 36.2 Å². The molecule has 8 heteroatoms. The van der Waals surface area contributed by atoms with Crippen molar-refractivity contribution in [3.8, 4) is 10.8 Å². The quantitative estimate of drug-likeness (QED) is 0.868. The van der Waals surface area contributed by atoms with Gasteiger partial charge in [-0.2, -0.15) is 0 Å². The summed E-state index contributed by atoms with van der Waals surface area (Å²) in [5.74, 6) is 0.546. The molecule has 0 aliphatic rings. The Bertz CT molecular complexity index is 558. The Morgan fingerprint density at radius 3 is 2.76 bits per heavy atom. The van der Waals surface area contributed by atoms with Gasteiger partial charge in [-0.1, -0.05) is 0 Å². The monoisotopic (exact) mass is 351 g/mol. The van der Waals surface area contributed by atoms with Gasteiger partial charge in [-0.25, -0.2) is 4.98 Å². The summed E-state index contributed by atoms with van der Waals surface area (Å²) in [6.07, 6.45) is 1.60. The van der Waals surface area contributed by atoms with Crippen LogP contribution in [0.4, 0.5) is 0 Å². The molecule has 0 spiro atoms. The van der Waals surface area contributed by atoms with Crippen molar-refractivity contribution in [1.82, 2.24) is 15.6 Å². The van der Waals surface area contributed by atoms with Crippen LogP contribution in [0.25, 0.3) is 10.8 Å². The first-order valence-electron chi connectivity index (χ1n) is 6.08. The van der Waals surface area contributed by atoms with Crippen LogP contribution in [-0.2, 0) is 0 Å². The smallest absolute Gasteiger partial charge is 0.271 e. The number of amides is 1. The highest BCUT2D eigenvalue weighted by Crippen LogP contribution is 2.27. The minimum Gasteiger partial charge on any atom is -0.462 e. The molecule has 2 rings (SSSR count). The van der Waals surface area contributed by atoms with Crippen LogP contribution in [0.2, 0.25) is 0 Å². The molecule has 2 aromatic rings. The maximum atomic E-state index is 12.0. The van der Waals surface area contributed by atoms with E-state index in [1.807, 2.05) is 27.0 Å². The Morgan fingerprint density at radius 1 is 1.48 bits per heavy atom. The van der Waals surface area contributed by atoms with Crippen LogP contribution in [0.1, 0.15) is 22.3 Å². The Morgan fingerprint density at radius 2 is 2.19 bits per heavy atom. The lowest BCUT2D eigenvalue weighted by Gasteiger charge is -2.10. The highest BCUT2D eigenvalue weighted by atomic mass is 35.5. The standard InChI is InChI=1S/C13H17N3O2S.2ClH/c1-8(14-3)7-15-12(17)11-9(2)19-13(16-11)10-5-4-6-18-10;;/h4-6,8,14H,7H2,1-3H3,(H,15,17);2*1H. The second-order valence-electron chi connectivity index (χ2n) is 4.30. The molecular weight excluding hydrogens is 333 g/mol. The van der Waals surface area contributed by atoms with Gasteiger partial charge in [0.15, 0.2) is 10.8 Å². The summed E-state index contributed by atoms with van der Waals surface area (Å²) < 4.78 is 5.29. The summed E-state index contributed by atoms with van der Waals surface area (Å²) in [4.78, 5) is 17.3. The van der Waals surface area contributed by atoms with Crippen LogP contribution in [-0.4, -0.2) is 30.5 Å². The average Bonchev–Trinajstić information content (AvgIpc) is 3.04. The van der Waals surface area contributed by atoms with E-state index in [0.29, 0.717) is 18.0 Å². The molecule has 1 unspecified atom stereocenters. The zero-order valence-corrected chi connectivity index (χ0v) is 14.5. The fourth-order valence-corrected chi connectivity index (χ4v) is 2.42. The molecule has 5 nitrogen and oxygen atoms in total. The van der Waals surface area contributed by atoms with Crippen molar-refractivity contribution in [3.63, 3.8) is 0 Å². The first-order chi connectivity index (χ1) is 9.11. The fraction of sp³-hybridized carbons (Fsp3) is 0.385. The minimum absolute atomic E-state index is 0. The molecule has 0 aliphatic heterocycles. The van der Waals surface area contributed by atoms with Crippen molar-refractivity contribution in [2.24, 2.45) is 0 Å². The number of nitrogens with one attached hydrogen (secondary N) is 2. The number of carbonyl (C=O) groups excluding carboxylic acids is 1. The van der Waals surface area contributed by atoms with Gasteiger partial charge in [0.25, 0.3) is 5.91 Å². The molecule has 0 saturated carbocycles.